The molecule has 112 valence electrons. The molecule has 1 unspecified atom stereocenters. The van der Waals surface area contributed by atoms with E-state index in [2.05, 4.69) is 20.7 Å². The minimum atomic E-state index is 0.290. The van der Waals surface area contributed by atoms with E-state index in [1.54, 1.807) is 14.2 Å². The summed E-state index contributed by atoms with van der Waals surface area (Å²) in [6, 6.07) is 6.52. The molecule has 0 fully saturated rings. The van der Waals surface area contributed by atoms with Crippen LogP contribution in [-0.4, -0.2) is 30.2 Å². The maximum atomic E-state index is 5.44. The number of nitrogens with zero attached hydrogens (tertiary/aromatic N) is 2. The Labute approximate surface area is 128 Å². The molecule has 6 heteroatoms. The van der Waals surface area contributed by atoms with E-state index in [1.807, 2.05) is 12.1 Å². The molecule has 2 aromatic rings. The zero-order valence-corrected chi connectivity index (χ0v) is 13.1. The van der Waals surface area contributed by atoms with Gasteiger partial charge in [0.1, 0.15) is 11.6 Å². The first kappa shape index (κ1) is 14.3. The van der Waals surface area contributed by atoms with Crippen molar-refractivity contribution in [1.29, 1.82) is 0 Å². The monoisotopic (exact) mass is 305 g/mol. The molecule has 0 saturated carbocycles. The van der Waals surface area contributed by atoms with E-state index in [0.717, 1.165) is 36.0 Å². The summed E-state index contributed by atoms with van der Waals surface area (Å²) in [6.45, 7) is 0.652. The Kier molecular flexibility index (Phi) is 4.36. The SMILES string of the molecule is COCCc1nsc(NC2CCc3c(OC)cccc32)n1. The molecule has 21 heavy (non-hydrogen) atoms. The van der Waals surface area contributed by atoms with Crippen LogP contribution in [0.25, 0.3) is 0 Å². The molecule has 0 spiro atoms. The fraction of sp³-hybridized carbons (Fsp3) is 0.467. The number of methoxy groups -OCH3 is 2. The zero-order valence-electron chi connectivity index (χ0n) is 12.3. The van der Waals surface area contributed by atoms with Crippen molar-refractivity contribution in [2.45, 2.75) is 25.3 Å². The Bertz CT molecular complexity index is 615. The molecular formula is C15H19N3O2S. The number of aromatic nitrogens is 2. The van der Waals surface area contributed by atoms with Crippen LogP contribution in [0.2, 0.25) is 0 Å². The Hall–Kier alpha value is -1.66. The number of benzene rings is 1. The maximum Gasteiger partial charge on any atom is 0.203 e. The van der Waals surface area contributed by atoms with E-state index in [0.29, 0.717) is 12.6 Å². The van der Waals surface area contributed by atoms with Gasteiger partial charge in [0, 0.05) is 25.1 Å². The van der Waals surface area contributed by atoms with Gasteiger partial charge in [0.2, 0.25) is 5.13 Å². The van der Waals surface area contributed by atoms with Crippen molar-refractivity contribution in [2.24, 2.45) is 0 Å². The normalized spacial score (nSPS) is 16.8. The van der Waals surface area contributed by atoms with E-state index in [-0.39, 0.29) is 0 Å². The maximum absolute atomic E-state index is 5.44. The minimum Gasteiger partial charge on any atom is -0.496 e. The minimum absolute atomic E-state index is 0.290. The van der Waals surface area contributed by atoms with Crippen molar-refractivity contribution in [3.8, 4) is 5.75 Å². The molecule has 0 amide bonds. The van der Waals surface area contributed by atoms with Gasteiger partial charge in [-0.1, -0.05) is 12.1 Å². The number of rotatable bonds is 6. The molecular weight excluding hydrogens is 286 g/mol. The van der Waals surface area contributed by atoms with E-state index >= 15 is 0 Å². The largest absolute Gasteiger partial charge is 0.496 e. The van der Waals surface area contributed by atoms with Gasteiger partial charge in [0.25, 0.3) is 0 Å². The van der Waals surface area contributed by atoms with E-state index in [1.165, 1.54) is 22.7 Å². The van der Waals surface area contributed by atoms with Crippen molar-refractivity contribution >= 4 is 16.7 Å². The van der Waals surface area contributed by atoms with Crippen LogP contribution in [0.5, 0.6) is 5.75 Å². The first-order chi connectivity index (χ1) is 10.3. The van der Waals surface area contributed by atoms with Gasteiger partial charge in [-0.25, -0.2) is 4.98 Å². The summed E-state index contributed by atoms with van der Waals surface area (Å²) < 4.78 is 14.8. The van der Waals surface area contributed by atoms with Crippen molar-refractivity contribution in [3.05, 3.63) is 35.2 Å². The van der Waals surface area contributed by atoms with Crippen LogP contribution in [0.4, 0.5) is 5.13 Å². The highest BCUT2D eigenvalue weighted by molar-refractivity contribution is 7.09. The third-order valence-corrected chi connectivity index (χ3v) is 4.43. The van der Waals surface area contributed by atoms with Crippen molar-refractivity contribution < 1.29 is 9.47 Å². The lowest BCUT2D eigenvalue weighted by Crippen LogP contribution is -2.07. The van der Waals surface area contributed by atoms with Gasteiger partial charge < -0.3 is 14.8 Å². The second-order valence-electron chi connectivity index (χ2n) is 5.02. The third kappa shape index (κ3) is 3.01. The predicted molar refractivity (Wildman–Crippen MR) is 83.2 cm³/mol. The van der Waals surface area contributed by atoms with Gasteiger partial charge in [0.15, 0.2) is 0 Å². The standard InChI is InChI=1S/C15H19N3O2S/c1-19-9-8-14-17-15(21-18-14)16-12-7-6-11-10(12)4-3-5-13(11)20-2/h3-5,12H,6-9H2,1-2H3,(H,16,17,18). The van der Waals surface area contributed by atoms with Crippen LogP contribution < -0.4 is 10.1 Å². The van der Waals surface area contributed by atoms with Crippen LogP contribution in [0.1, 0.15) is 29.4 Å². The van der Waals surface area contributed by atoms with Crippen molar-refractivity contribution in [3.63, 3.8) is 0 Å². The fourth-order valence-electron chi connectivity index (χ4n) is 2.72. The summed E-state index contributed by atoms with van der Waals surface area (Å²) in [6.07, 6.45) is 2.85. The Morgan fingerprint density at radius 3 is 3.10 bits per heavy atom. The Balaban J connectivity index is 1.72. The molecule has 1 aliphatic rings. The highest BCUT2D eigenvalue weighted by atomic mass is 32.1. The number of anilines is 1. The lowest BCUT2D eigenvalue weighted by Gasteiger charge is -2.13. The highest BCUT2D eigenvalue weighted by Crippen LogP contribution is 2.38. The zero-order chi connectivity index (χ0) is 14.7. The average molecular weight is 305 g/mol. The first-order valence-electron chi connectivity index (χ1n) is 7.05. The lowest BCUT2D eigenvalue weighted by atomic mass is 10.1. The molecule has 5 nitrogen and oxygen atoms in total. The number of hydrogen-bond donors (Lipinski definition) is 1. The summed E-state index contributed by atoms with van der Waals surface area (Å²) >= 11 is 1.41. The van der Waals surface area contributed by atoms with Crippen molar-refractivity contribution in [1.82, 2.24) is 9.36 Å². The number of ether oxygens (including phenoxy) is 2. The predicted octanol–water partition coefficient (Wildman–Crippen LogP) is 2.84. The number of nitrogens with one attached hydrogen (secondary N) is 1. The highest BCUT2D eigenvalue weighted by Gasteiger charge is 2.25. The molecule has 0 aliphatic heterocycles. The summed E-state index contributed by atoms with van der Waals surface area (Å²) in [4.78, 5) is 4.51. The average Bonchev–Trinajstić information content (AvgIpc) is 3.13. The summed E-state index contributed by atoms with van der Waals surface area (Å²) in [7, 11) is 3.41. The smallest absolute Gasteiger partial charge is 0.203 e. The van der Waals surface area contributed by atoms with Crippen LogP contribution in [0.15, 0.2) is 18.2 Å². The van der Waals surface area contributed by atoms with Crippen LogP contribution in [0, 0.1) is 0 Å². The number of hydrogen-bond acceptors (Lipinski definition) is 6. The summed E-state index contributed by atoms with van der Waals surface area (Å²) in [5.74, 6) is 1.82. The Morgan fingerprint density at radius 1 is 1.38 bits per heavy atom. The molecule has 0 radical (unpaired) electrons. The lowest BCUT2D eigenvalue weighted by molar-refractivity contribution is 0.201. The van der Waals surface area contributed by atoms with Gasteiger partial charge in [0.05, 0.1) is 19.8 Å². The van der Waals surface area contributed by atoms with E-state index in [9.17, 15) is 0 Å². The summed E-state index contributed by atoms with van der Waals surface area (Å²) in [5.41, 5.74) is 2.62. The van der Waals surface area contributed by atoms with Gasteiger partial charge in [-0.15, -0.1) is 0 Å². The molecule has 0 bridgehead atoms. The first-order valence-corrected chi connectivity index (χ1v) is 7.83. The second-order valence-corrected chi connectivity index (χ2v) is 5.77. The molecule has 1 atom stereocenters. The van der Waals surface area contributed by atoms with Gasteiger partial charge in [-0.2, -0.15) is 4.37 Å². The van der Waals surface area contributed by atoms with Crippen LogP contribution in [-0.2, 0) is 17.6 Å². The van der Waals surface area contributed by atoms with Gasteiger partial charge in [-0.05, 0) is 30.0 Å². The number of fused-ring (bicyclic) bond motifs is 1. The quantitative estimate of drug-likeness (QED) is 0.889. The molecule has 1 aliphatic carbocycles. The van der Waals surface area contributed by atoms with E-state index < -0.39 is 0 Å². The summed E-state index contributed by atoms with van der Waals surface area (Å²) in [5, 5.41) is 4.37. The van der Waals surface area contributed by atoms with Gasteiger partial charge in [-0.3, -0.25) is 0 Å². The Morgan fingerprint density at radius 2 is 2.29 bits per heavy atom. The fourth-order valence-corrected chi connectivity index (χ4v) is 3.38. The van der Waals surface area contributed by atoms with Gasteiger partial charge >= 0.3 is 0 Å². The van der Waals surface area contributed by atoms with Crippen LogP contribution >= 0.6 is 11.5 Å². The third-order valence-electron chi connectivity index (χ3n) is 3.74. The molecule has 1 aromatic carbocycles. The topological polar surface area (TPSA) is 56.3 Å². The molecule has 1 heterocycles. The van der Waals surface area contributed by atoms with E-state index in [4.69, 9.17) is 9.47 Å². The van der Waals surface area contributed by atoms with Crippen molar-refractivity contribution in [2.75, 3.05) is 26.1 Å². The molecule has 3 rings (SSSR count). The molecule has 1 aromatic heterocycles. The van der Waals surface area contributed by atoms with Crippen LogP contribution in [0.3, 0.4) is 0 Å². The second kappa shape index (κ2) is 6.41. The molecule has 0 saturated heterocycles. The molecule has 1 N–H and O–H groups in total.